The van der Waals surface area contributed by atoms with Crippen LogP contribution in [0.5, 0.6) is 11.5 Å². The molecular formula is C17H24F2N2O2. The van der Waals surface area contributed by atoms with E-state index in [1.54, 1.807) is 6.07 Å². The van der Waals surface area contributed by atoms with Crippen molar-refractivity contribution in [1.29, 1.82) is 0 Å². The average Bonchev–Trinajstić information content (AvgIpc) is 2.85. The van der Waals surface area contributed by atoms with Gasteiger partial charge in [0, 0.05) is 17.5 Å². The minimum Gasteiger partial charge on any atom is -0.493 e. The number of hydrogen-bond acceptors (Lipinski definition) is 4. The monoisotopic (exact) mass is 326 g/mol. The van der Waals surface area contributed by atoms with Gasteiger partial charge in [-0.25, -0.2) is 0 Å². The molecule has 2 N–H and O–H groups in total. The van der Waals surface area contributed by atoms with Gasteiger partial charge in [-0.2, -0.15) is 8.78 Å². The van der Waals surface area contributed by atoms with Crippen LogP contribution in [0.25, 0.3) is 0 Å². The molecule has 1 aliphatic heterocycles. The Bertz CT molecular complexity index is 570. The molecule has 6 heteroatoms. The summed E-state index contributed by atoms with van der Waals surface area (Å²) in [6, 6.07) is 5.98. The number of nitrogens with two attached hydrogens (primary N) is 1. The highest BCUT2D eigenvalue weighted by Gasteiger charge is 2.49. The zero-order valence-electron chi connectivity index (χ0n) is 13.6. The van der Waals surface area contributed by atoms with Crippen molar-refractivity contribution in [3.05, 3.63) is 23.8 Å². The largest absolute Gasteiger partial charge is 0.493 e. The molecule has 0 spiro atoms. The van der Waals surface area contributed by atoms with Crippen molar-refractivity contribution in [1.82, 2.24) is 4.90 Å². The molecule has 1 saturated carbocycles. The molecule has 1 aromatic rings. The van der Waals surface area contributed by atoms with Crippen LogP contribution >= 0.6 is 0 Å². The number of rotatable bonds is 4. The molecule has 0 amide bonds. The molecule has 1 heterocycles. The highest BCUT2D eigenvalue weighted by molar-refractivity contribution is 5.46. The fraction of sp³-hybridized carbons (Fsp3) is 0.647. The Morgan fingerprint density at radius 1 is 1.30 bits per heavy atom. The zero-order chi connectivity index (χ0) is 16.6. The molecule has 1 unspecified atom stereocenters. The summed E-state index contributed by atoms with van der Waals surface area (Å²) in [5.74, 6) is 0.443. The van der Waals surface area contributed by atoms with Crippen molar-refractivity contribution in [2.45, 2.75) is 49.8 Å². The third kappa shape index (κ3) is 2.90. The number of hydrogen-bond donors (Lipinski definition) is 1. The number of halogens is 2. The first kappa shape index (κ1) is 16.5. The van der Waals surface area contributed by atoms with Crippen molar-refractivity contribution in [2.24, 2.45) is 5.73 Å². The van der Waals surface area contributed by atoms with Gasteiger partial charge >= 0.3 is 6.61 Å². The number of methoxy groups -OCH3 is 1. The van der Waals surface area contributed by atoms with Crippen LogP contribution in [0.4, 0.5) is 8.78 Å². The summed E-state index contributed by atoms with van der Waals surface area (Å²) in [6.07, 6.45) is 4.02. The molecule has 4 nitrogen and oxygen atoms in total. The summed E-state index contributed by atoms with van der Waals surface area (Å²) in [6.45, 7) is -1.83. The number of nitrogens with zero attached hydrogens (tertiary/aromatic N) is 1. The van der Waals surface area contributed by atoms with Crippen LogP contribution in [-0.4, -0.2) is 44.3 Å². The topological polar surface area (TPSA) is 47.7 Å². The van der Waals surface area contributed by atoms with Gasteiger partial charge < -0.3 is 20.1 Å². The van der Waals surface area contributed by atoms with Gasteiger partial charge in [0.05, 0.1) is 7.11 Å². The standard InChI is InChI=1S/C17H24F2N2O2/c1-21-8-7-17(6-5-12(20)10-15(17)21)11-3-4-13(23-16(18)19)14(9-11)22-2/h3-4,9,12,15-16H,5-8,10,20H2,1-2H3/t12?,15-,17-/m0/s1. The number of ether oxygens (including phenoxy) is 2. The highest BCUT2D eigenvalue weighted by atomic mass is 19.3. The lowest BCUT2D eigenvalue weighted by Gasteiger charge is -2.44. The van der Waals surface area contributed by atoms with Crippen molar-refractivity contribution in [2.75, 3.05) is 20.7 Å². The van der Waals surface area contributed by atoms with Crippen LogP contribution in [0.2, 0.25) is 0 Å². The fourth-order valence-electron chi connectivity index (χ4n) is 4.32. The Hall–Kier alpha value is -1.40. The lowest BCUT2D eigenvalue weighted by Crippen LogP contribution is -2.49. The first-order valence-corrected chi connectivity index (χ1v) is 8.05. The van der Waals surface area contributed by atoms with E-state index in [9.17, 15) is 8.78 Å². The van der Waals surface area contributed by atoms with Crippen LogP contribution in [0.3, 0.4) is 0 Å². The summed E-state index contributed by atoms with van der Waals surface area (Å²) in [7, 11) is 3.61. The second-order valence-electron chi connectivity index (χ2n) is 6.68. The second kappa shape index (κ2) is 6.24. The molecule has 0 aromatic heterocycles. The summed E-state index contributed by atoms with van der Waals surface area (Å²) < 4.78 is 34.8. The number of benzene rings is 1. The minimum absolute atomic E-state index is 0.0290. The molecule has 0 bridgehead atoms. The van der Waals surface area contributed by atoms with Gasteiger partial charge in [0.25, 0.3) is 0 Å². The Labute approximate surface area is 135 Å². The second-order valence-corrected chi connectivity index (χ2v) is 6.68. The fourth-order valence-corrected chi connectivity index (χ4v) is 4.32. The molecule has 3 rings (SSSR count). The first-order valence-electron chi connectivity index (χ1n) is 8.05. The Morgan fingerprint density at radius 3 is 2.78 bits per heavy atom. The van der Waals surface area contributed by atoms with Crippen LogP contribution in [0.15, 0.2) is 18.2 Å². The molecule has 2 aliphatic rings. The minimum atomic E-state index is -2.86. The van der Waals surface area contributed by atoms with Gasteiger partial charge in [-0.3, -0.25) is 0 Å². The molecule has 1 aliphatic carbocycles. The van der Waals surface area contributed by atoms with Gasteiger partial charge in [0.15, 0.2) is 11.5 Å². The molecule has 0 radical (unpaired) electrons. The highest BCUT2D eigenvalue weighted by Crippen LogP contribution is 2.49. The first-order chi connectivity index (χ1) is 11.0. The number of fused-ring (bicyclic) bond motifs is 1. The predicted molar refractivity (Wildman–Crippen MR) is 84.2 cm³/mol. The molecular weight excluding hydrogens is 302 g/mol. The summed E-state index contributed by atoms with van der Waals surface area (Å²) in [4.78, 5) is 2.37. The van der Waals surface area contributed by atoms with Crippen LogP contribution in [0, 0.1) is 0 Å². The third-order valence-corrected chi connectivity index (χ3v) is 5.52. The maximum Gasteiger partial charge on any atom is 0.387 e. The van der Waals surface area contributed by atoms with Crippen LogP contribution in [-0.2, 0) is 5.41 Å². The van der Waals surface area contributed by atoms with E-state index in [1.807, 2.05) is 12.1 Å². The lowest BCUT2D eigenvalue weighted by atomic mass is 9.65. The van der Waals surface area contributed by atoms with E-state index >= 15 is 0 Å². The van der Waals surface area contributed by atoms with E-state index in [0.717, 1.165) is 37.8 Å². The summed E-state index contributed by atoms with van der Waals surface area (Å²) >= 11 is 0. The number of likely N-dealkylation sites (tertiary alicyclic amines) is 1. The summed E-state index contributed by atoms with van der Waals surface area (Å²) in [5.41, 5.74) is 7.34. The van der Waals surface area contributed by atoms with E-state index in [-0.39, 0.29) is 17.2 Å². The van der Waals surface area contributed by atoms with Gasteiger partial charge in [0.2, 0.25) is 0 Å². The van der Waals surface area contributed by atoms with E-state index in [4.69, 9.17) is 10.5 Å². The van der Waals surface area contributed by atoms with Gasteiger partial charge in [-0.05, 0) is 57.0 Å². The average molecular weight is 326 g/mol. The molecule has 23 heavy (non-hydrogen) atoms. The smallest absolute Gasteiger partial charge is 0.387 e. The zero-order valence-corrected chi connectivity index (χ0v) is 13.6. The number of alkyl halides is 2. The Morgan fingerprint density at radius 2 is 2.09 bits per heavy atom. The quantitative estimate of drug-likeness (QED) is 0.924. The molecule has 1 aromatic carbocycles. The third-order valence-electron chi connectivity index (χ3n) is 5.52. The maximum absolute atomic E-state index is 12.5. The van der Waals surface area contributed by atoms with Crippen molar-refractivity contribution in [3.8, 4) is 11.5 Å². The number of likely N-dealkylation sites (N-methyl/N-ethyl adjacent to an activating group) is 1. The summed E-state index contributed by atoms with van der Waals surface area (Å²) in [5, 5.41) is 0. The Balaban J connectivity index is 1.96. The van der Waals surface area contributed by atoms with Crippen LogP contribution in [0.1, 0.15) is 31.2 Å². The van der Waals surface area contributed by atoms with Gasteiger partial charge in [-0.1, -0.05) is 6.07 Å². The van der Waals surface area contributed by atoms with Crippen molar-refractivity contribution in [3.63, 3.8) is 0 Å². The Kier molecular flexibility index (Phi) is 4.47. The predicted octanol–water partition coefficient (Wildman–Crippen LogP) is 2.75. The van der Waals surface area contributed by atoms with E-state index in [0.29, 0.717) is 11.8 Å². The molecule has 1 saturated heterocycles. The van der Waals surface area contributed by atoms with Crippen LogP contribution < -0.4 is 15.2 Å². The van der Waals surface area contributed by atoms with E-state index in [2.05, 4.69) is 16.7 Å². The van der Waals surface area contributed by atoms with E-state index < -0.39 is 6.61 Å². The molecule has 128 valence electrons. The lowest BCUT2D eigenvalue weighted by molar-refractivity contribution is -0.0512. The SMILES string of the molecule is COc1cc([C@@]23CCC(N)C[C@@H]2N(C)CC3)ccc1OC(F)F. The molecule has 2 fully saturated rings. The molecule has 3 atom stereocenters. The van der Waals surface area contributed by atoms with Crippen molar-refractivity contribution < 1.29 is 18.3 Å². The van der Waals surface area contributed by atoms with Gasteiger partial charge in [0.1, 0.15) is 0 Å². The normalized spacial score (nSPS) is 31.2. The van der Waals surface area contributed by atoms with Gasteiger partial charge in [-0.15, -0.1) is 0 Å². The van der Waals surface area contributed by atoms with E-state index in [1.165, 1.54) is 7.11 Å². The van der Waals surface area contributed by atoms with Crippen molar-refractivity contribution >= 4 is 0 Å². The maximum atomic E-state index is 12.5.